The SMILES string of the molecule is CC1CCC(N)(c2nn3cnnc3s2)CC1. The number of nitrogens with zero attached hydrogens (tertiary/aromatic N) is 4. The van der Waals surface area contributed by atoms with Crippen molar-refractivity contribution in [3.05, 3.63) is 11.3 Å². The molecule has 3 rings (SSSR count). The van der Waals surface area contributed by atoms with Gasteiger partial charge in [0.25, 0.3) is 0 Å². The maximum absolute atomic E-state index is 6.45. The Hall–Kier alpha value is -1.01. The molecule has 2 aromatic heterocycles. The molecule has 0 spiro atoms. The summed E-state index contributed by atoms with van der Waals surface area (Å²) in [5, 5.41) is 13.3. The van der Waals surface area contributed by atoms with Crippen molar-refractivity contribution in [2.24, 2.45) is 11.7 Å². The van der Waals surface area contributed by atoms with Gasteiger partial charge in [-0.15, -0.1) is 10.2 Å². The third-order valence-electron chi connectivity index (χ3n) is 3.48. The van der Waals surface area contributed by atoms with Crippen LogP contribution in [0, 0.1) is 5.92 Å². The van der Waals surface area contributed by atoms with E-state index in [9.17, 15) is 0 Å². The van der Waals surface area contributed by atoms with Gasteiger partial charge in [-0.2, -0.15) is 9.61 Å². The highest BCUT2D eigenvalue weighted by Gasteiger charge is 2.35. The molecule has 2 heterocycles. The molecule has 6 heteroatoms. The van der Waals surface area contributed by atoms with Crippen molar-refractivity contribution in [3.8, 4) is 0 Å². The van der Waals surface area contributed by atoms with E-state index >= 15 is 0 Å². The van der Waals surface area contributed by atoms with E-state index < -0.39 is 0 Å². The molecule has 0 aromatic carbocycles. The first-order valence-corrected chi connectivity index (χ1v) is 6.45. The summed E-state index contributed by atoms with van der Waals surface area (Å²) in [5.41, 5.74) is 6.21. The Kier molecular flexibility index (Phi) is 2.22. The third-order valence-corrected chi connectivity index (χ3v) is 4.61. The Morgan fingerprint density at radius 3 is 2.94 bits per heavy atom. The standard InChI is InChI=1S/C10H15N5S/c1-7-2-4-10(11,5-3-7)8-14-15-6-12-13-9(15)16-8/h6-7H,2-5,11H2,1H3. The number of hydrogen-bond acceptors (Lipinski definition) is 5. The first-order valence-electron chi connectivity index (χ1n) is 5.64. The van der Waals surface area contributed by atoms with Gasteiger partial charge in [0.15, 0.2) is 0 Å². The molecule has 1 saturated carbocycles. The monoisotopic (exact) mass is 237 g/mol. The highest BCUT2D eigenvalue weighted by atomic mass is 32.1. The molecule has 2 aromatic rings. The molecule has 1 fully saturated rings. The maximum Gasteiger partial charge on any atom is 0.234 e. The van der Waals surface area contributed by atoms with E-state index in [4.69, 9.17) is 5.73 Å². The molecule has 1 aliphatic carbocycles. The Morgan fingerprint density at radius 1 is 1.50 bits per heavy atom. The number of fused-ring (bicyclic) bond motifs is 1. The smallest absolute Gasteiger partial charge is 0.234 e. The van der Waals surface area contributed by atoms with Gasteiger partial charge in [0.1, 0.15) is 11.3 Å². The molecular weight excluding hydrogens is 222 g/mol. The van der Waals surface area contributed by atoms with Gasteiger partial charge in [-0.05, 0) is 31.6 Å². The molecular formula is C10H15N5S. The molecule has 0 bridgehead atoms. The molecule has 0 saturated heterocycles. The number of hydrogen-bond donors (Lipinski definition) is 1. The van der Waals surface area contributed by atoms with Crippen LogP contribution in [0.15, 0.2) is 6.33 Å². The number of rotatable bonds is 1. The summed E-state index contributed by atoms with van der Waals surface area (Å²) >= 11 is 1.56. The predicted molar refractivity (Wildman–Crippen MR) is 62.2 cm³/mol. The largest absolute Gasteiger partial charge is 0.319 e. The highest BCUT2D eigenvalue weighted by Crippen LogP contribution is 2.38. The van der Waals surface area contributed by atoms with Crippen LogP contribution >= 0.6 is 11.3 Å². The quantitative estimate of drug-likeness (QED) is 0.817. The van der Waals surface area contributed by atoms with Gasteiger partial charge in [-0.25, -0.2) is 0 Å². The molecule has 5 nitrogen and oxygen atoms in total. The second kappa shape index (κ2) is 3.49. The van der Waals surface area contributed by atoms with Crippen LogP contribution in [0.2, 0.25) is 0 Å². The third kappa shape index (κ3) is 1.53. The lowest BCUT2D eigenvalue weighted by Crippen LogP contribution is -2.40. The molecule has 0 atom stereocenters. The van der Waals surface area contributed by atoms with E-state index in [0.717, 1.165) is 28.7 Å². The molecule has 2 N–H and O–H groups in total. The van der Waals surface area contributed by atoms with Crippen molar-refractivity contribution in [3.63, 3.8) is 0 Å². The van der Waals surface area contributed by atoms with Crippen molar-refractivity contribution >= 4 is 16.3 Å². The second-order valence-electron chi connectivity index (χ2n) is 4.80. The summed E-state index contributed by atoms with van der Waals surface area (Å²) in [5.74, 6) is 0.794. The van der Waals surface area contributed by atoms with Crippen LogP contribution in [-0.4, -0.2) is 19.8 Å². The van der Waals surface area contributed by atoms with Crippen molar-refractivity contribution in [2.75, 3.05) is 0 Å². The molecule has 0 aliphatic heterocycles. The summed E-state index contributed by atoms with van der Waals surface area (Å²) in [4.78, 5) is 0.832. The van der Waals surface area contributed by atoms with Crippen LogP contribution < -0.4 is 5.73 Å². The molecule has 0 unspecified atom stereocenters. The van der Waals surface area contributed by atoms with Crippen LogP contribution in [-0.2, 0) is 5.54 Å². The molecule has 0 radical (unpaired) electrons. The predicted octanol–water partition coefficient (Wildman–Crippen LogP) is 1.55. The average molecular weight is 237 g/mol. The van der Waals surface area contributed by atoms with Gasteiger partial charge in [0.05, 0.1) is 5.54 Å². The van der Waals surface area contributed by atoms with E-state index in [1.54, 1.807) is 22.2 Å². The number of nitrogens with two attached hydrogens (primary N) is 1. The summed E-state index contributed by atoms with van der Waals surface area (Å²) in [6.07, 6.45) is 6.06. The minimum Gasteiger partial charge on any atom is -0.319 e. The zero-order chi connectivity index (χ0) is 11.2. The molecule has 86 valence electrons. The Labute approximate surface area is 97.7 Å². The van der Waals surface area contributed by atoms with Crippen LogP contribution in [0.4, 0.5) is 0 Å². The first-order chi connectivity index (χ1) is 7.67. The zero-order valence-electron chi connectivity index (χ0n) is 9.26. The van der Waals surface area contributed by atoms with E-state index in [0.29, 0.717) is 0 Å². The van der Waals surface area contributed by atoms with E-state index in [1.807, 2.05) is 0 Å². The molecule has 0 amide bonds. The lowest BCUT2D eigenvalue weighted by atomic mass is 9.78. The van der Waals surface area contributed by atoms with E-state index in [-0.39, 0.29) is 5.54 Å². The lowest BCUT2D eigenvalue weighted by molar-refractivity contribution is 0.246. The normalized spacial score (nSPS) is 31.0. The molecule has 16 heavy (non-hydrogen) atoms. The maximum atomic E-state index is 6.45. The van der Waals surface area contributed by atoms with Crippen molar-refractivity contribution in [1.82, 2.24) is 19.8 Å². The average Bonchev–Trinajstić information content (AvgIpc) is 2.82. The van der Waals surface area contributed by atoms with E-state index in [2.05, 4.69) is 22.2 Å². The van der Waals surface area contributed by atoms with Crippen LogP contribution in [0.5, 0.6) is 0 Å². The summed E-state index contributed by atoms with van der Waals surface area (Å²) in [7, 11) is 0. The van der Waals surface area contributed by atoms with Crippen molar-refractivity contribution < 1.29 is 0 Å². The summed E-state index contributed by atoms with van der Waals surface area (Å²) in [6, 6.07) is 0. The van der Waals surface area contributed by atoms with E-state index in [1.165, 1.54) is 12.8 Å². The van der Waals surface area contributed by atoms with Gasteiger partial charge in [-0.1, -0.05) is 18.3 Å². The molecule has 1 aliphatic rings. The van der Waals surface area contributed by atoms with Crippen LogP contribution in [0.25, 0.3) is 4.96 Å². The summed E-state index contributed by atoms with van der Waals surface area (Å²) < 4.78 is 1.71. The highest BCUT2D eigenvalue weighted by molar-refractivity contribution is 7.16. The second-order valence-corrected chi connectivity index (χ2v) is 5.76. The first kappa shape index (κ1) is 10.2. The fraction of sp³-hybridized carbons (Fsp3) is 0.700. The Balaban J connectivity index is 1.94. The Morgan fingerprint density at radius 2 is 2.25 bits per heavy atom. The van der Waals surface area contributed by atoms with Crippen molar-refractivity contribution in [2.45, 2.75) is 38.1 Å². The Bertz CT molecular complexity index is 466. The van der Waals surface area contributed by atoms with Gasteiger partial charge < -0.3 is 5.73 Å². The minimum atomic E-state index is -0.238. The van der Waals surface area contributed by atoms with Crippen LogP contribution in [0.1, 0.15) is 37.6 Å². The van der Waals surface area contributed by atoms with Crippen molar-refractivity contribution in [1.29, 1.82) is 0 Å². The topological polar surface area (TPSA) is 69.1 Å². The van der Waals surface area contributed by atoms with Gasteiger partial charge in [0.2, 0.25) is 4.96 Å². The summed E-state index contributed by atoms with van der Waals surface area (Å²) in [6.45, 7) is 2.29. The van der Waals surface area contributed by atoms with Crippen LogP contribution in [0.3, 0.4) is 0 Å². The zero-order valence-corrected chi connectivity index (χ0v) is 10.1. The fourth-order valence-corrected chi connectivity index (χ4v) is 3.23. The van der Waals surface area contributed by atoms with Gasteiger partial charge >= 0.3 is 0 Å². The lowest BCUT2D eigenvalue weighted by Gasteiger charge is -2.33. The number of aromatic nitrogens is 4. The fourth-order valence-electron chi connectivity index (χ4n) is 2.25. The minimum absolute atomic E-state index is 0.238. The van der Waals surface area contributed by atoms with Gasteiger partial charge in [-0.3, -0.25) is 0 Å². The van der Waals surface area contributed by atoms with Gasteiger partial charge in [0, 0.05) is 0 Å².